The summed E-state index contributed by atoms with van der Waals surface area (Å²) in [5.41, 5.74) is 8.10. The van der Waals surface area contributed by atoms with Crippen molar-refractivity contribution in [2.24, 2.45) is 11.1 Å². The van der Waals surface area contributed by atoms with Gasteiger partial charge in [-0.3, -0.25) is 0 Å². The minimum atomic E-state index is 0.0609. The number of nitrogens with two attached hydrogens (primary N) is 1. The molecule has 2 aromatic heterocycles. The lowest BCUT2D eigenvalue weighted by Crippen LogP contribution is -2.39. The van der Waals surface area contributed by atoms with Gasteiger partial charge in [0.1, 0.15) is 5.52 Å². The third kappa shape index (κ3) is 3.35. The molecule has 2 aromatic rings. The quantitative estimate of drug-likeness (QED) is 0.888. The zero-order chi connectivity index (χ0) is 15.6. The van der Waals surface area contributed by atoms with E-state index in [1.54, 1.807) is 0 Å². The molecule has 5 heteroatoms. The molecule has 0 aliphatic heterocycles. The number of aromatic nitrogens is 3. The largest absolute Gasteiger partial charge is 0.355 e. The van der Waals surface area contributed by atoms with Crippen molar-refractivity contribution in [2.75, 3.05) is 24.5 Å². The van der Waals surface area contributed by atoms with Crippen LogP contribution in [0.5, 0.6) is 0 Å². The zero-order valence-electron chi connectivity index (χ0n) is 13.8. The van der Waals surface area contributed by atoms with Crippen molar-refractivity contribution in [3.8, 4) is 0 Å². The van der Waals surface area contributed by atoms with Crippen LogP contribution in [0, 0.1) is 5.41 Å². The Labute approximate surface area is 127 Å². The van der Waals surface area contributed by atoms with Crippen LogP contribution in [0.4, 0.5) is 5.82 Å². The molecule has 0 spiro atoms. The summed E-state index contributed by atoms with van der Waals surface area (Å²) in [6.07, 6.45) is 3.73. The molecule has 0 saturated carbocycles. The van der Waals surface area contributed by atoms with Gasteiger partial charge in [0.2, 0.25) is 0 Å². The average molecular weight is 289 g/mol. The second-order valence-corrected chi connectivity index (χ2v) is 6.69. The van der Waals surface area contributed by atoms with Gasteiger partial charge in [-0.25, -0.2) is 9.50 Å². The fourth-order valence-corrected chi connectivity index (χ4v) is 2.37. The Hall–Kier alpha value is -1.62. The molecular weight excluding hydrogens is 262 g/mol. The van der Waals surface area contributed by atoms with Crippen LogP contribution in [0.1, 0.15) is 46.2 Å². The van der Waals surface area contributed by atoms with Gasteiger partial charge >= 0.3 is 0 Å². The fourth-order valence-electron chi connectivity index (χ4n) is 2.37. The molecule has 0 saturated heterocycles. The Morgan fingerprint density at radius 3 is 2.67 bits per heavy atom. The van der Waals surface area contributed by atoms with E-state index in [9.17, 15) is 0 Å². The van der Waals surface area contributed by atoms with Gasteiger partial charge < -0.3 is 10.6 Å². The third-order valence-electron chi connectivity index (χ3n) is 3.83. The maximum Gasteiger partial charge on any atom is 0.154 e. The molecule has 2 N–H and O–H groups in total. The van der Waals surface area contributed by atoms with Crippen LogP contribution in [0.2, 0.25) is 0 Å². The predicted molar refractivity (Wildman–Crippen MR) is 87.8 cm³/mol. The number of hydrogen-bond donors (Lipinski definition) is 1. The summed E-state index contributed by atoms with van der Waals surface area (Å²) >= 11 is 0. The Bertz CT molecular complexity index is 600. The minimum absolute atomic E-state index is 0.0609. The molecule has 21 heavy (non-hydrogen) atoms. The molecule has 0 unspecified atom stereocenters. The monoisotopic (exact) mass is 289 g/mol. The van der Waals surface area contributed by atoms with E-state index >= 15 is 0 Å². The lowest BCUT2D eigenvalue weighted by atomic mass is 9.93. The molecule has 0 aliphatic rings. The van der Waals surface area contributed by atoms with E-state index in [-0.39, 0.29) is 5.41 Å². The highest BCUT2D eigenvalue weighted by Gasteiger charge is 2.22. The van der Waals surface area contributed by atoms with E-state index in [1.165, 1.54) is 0 Å². The summed E-state index contributed by atoms with van der Waals surface area (Å²) in [5, 5.41) is 4.63. The van der Waals surface area contributed by atoms with Gasteiger partial charge in [0, 0.05) is 25.5 Å². The van der Waals surface area contributed by atoms with Crippen molar-refractivity contribution in [2.45, 2.75) is 40.5 Å². The van der Waals surface area contributed by atoms with Crippen molar-refractivity contribution in [1.29, 1.82) is 0 Å². The van der Waals surface area contributed by atoms with Gasteiger partial charge in [-0.05, 0) is 30.9 Å². The summed E-state index contributed by atoms with van der Waals surface area (Å²) in [6.45, 7) is 13.3. The van der Waals surface area contributed by atoms with Crippen LogP contribution in [0.3, 0.4) is 0 Å². The van der Waals surface area contributed by atoms with E-state index in [1.807, 2.05) is 16.9 Å². The summed E-state index contributed by atoms with van der Waals surface area (Å²) in [6, 6.07) is 2.14. The van der Waals surface area contributed by atoms with Crippen molar-refractivity contribution in [3.63, 3.8) is 0 Å². The van der Waals surface area contributed by atoms with Crippen LogP contribution in [0.15, 0.2) is 18.5 Å². The molecule has 0 bridgehead atoms. The average Bonchev–Trinajstić information content (AvgIpc) is 2.89. The number of hydrogen-bond acceptors (Lipinski definition) is 4. The molecule has 2 rings (SSSR count). The second kappa shape index (κ2) is 6.02. The molecule has 0 radical (unpaired) electrons. The maximum atomic E-state index is 5.88. The van der Waals surface area contributed by atoms with E-state index in [4.69, 9.17) is 5.73 Å². The molecule has 0 atom stereocenters. The highest BCUT2D eigenvalue weighted by Crippen LogP contribution is 2.25. The first-order valence-corrected chi connectivity index (χ1v) is 7.67. The molecule has 0 amide bonds. The Morgan fingerprint density at radius 2 is 2.10 bits per heavy atom. The van der Waals surface area contributed by atoms with E-state index in [2.05, 4.69) is 55.7 Å². The summed E-state index contributed by atoms with van der Waals surface area (Å²) in [5.74, 6) is 1.40. The van der Waals surface area contributed by atoms with Crippen molar-refractivity contribution >= 4 is 11.3 Å². The summed E-state index contributed by atoms with van der Waals surface area (Å²) < 4.78 is 1.93. The smallest absolute Gasteiger partial charge is 0.154 e. The second-order valence-electron chi connectivity index (χ2n) is 6.69. The SMILES string of the molecule is CCN(CC(C)(C)CN)c1nccn2nc(C(C)C)cc12. The summed E-state index contributed by atoms with van der Waals surface area (Å²) in [7, 11) is 0. The van der Waals surface area contributed by atoms with E-state index < -0.39 is 0 Å². The lowest BCUT2D eigenvalue weighted by Gasteiger charge is -2.32. The molecular formula is C16H27N5. The minimum Gasteiger partial charge on any atom is -0.355 e. The van der Waals surface area contributed by atoms with Gasteiger partial charge in [-0.2, -0.15) is 5.10 Å². The van der Waals surface area contributed by atoms with Gasteiger partial charge in [0.15, 0.2) is 5.82 Å². The molecule has 2 heterocycles. The highest BCUT2D eigenvalue weighted by molar-refractivity contribution is 5.69. The number of anilines is 1. The first-order valence-electron chi connectivity index (χ1n) is 7.67. The van der Waals surface area contributed by atoms with Gasteiger partial charge in [-0.15, -0.1) is 0 Å². The van der Waals surface area contributed by atoms with Gasteiger partial charge in [-0.1, -0.05) is 27.7 Å². The Balaban J connectivity index is 2.43. The third-order valence-corrected chi connectivity index (χ3v) is 3.83. The van der Waals surface area contributed by atoms with Crippen LogP contribution >= 0.6 is 0 Å². The van der Waals surface area contributed by atoms with Crippen LogP contribution in [0.25, 0.3) is 5.52 Å². The normalized spacial score (nSPS) is 12.3. The number of rotatable bonds is 6. The summed E-state index contributed by atoms with van der Waals surface area (Å²) in [4.78, 5) is 6.88. The van der Waals surface area contributed by atoms with Crippen LogP contribution in [-0.2, 0) is 0 Å². The van der Waals surface area contributed by atoms with Crippen LogP contribution in [-0.4, -0.2) is 34.2 Å². The highest BCUT2D eigenvalue weighted by atomic mass is 15.3. The first kappa shape index (κ1) is 15.8. The Kier molecular flexibility index (Phi) is 4.52. The molecule has 5 nitrogen and oxygen atoms in total. The van der Waals surface area contributed by atoms with E-state index in [0.717, 1.165) is 30.1 Å². The first-order chi connectivity index (χ1) is 9.88. The lowest BCUT2D eigenvalue weighted by molar-refractivity contribution is 0.379. The number of nitrogens with zero attached hydrogens (tertiary/aromatic N) is 4. The number of fused-ring (bicyclic) bond motifs is 1. The fraction of sp³-hybridized carbons (Fsp3) is 0.625. The predicted octanol–water partition coefficient (Wildman–Crippen LogP) is 2.66. The maximum absolute atomic E-state index is 5.88. The van der Waals surface area contributed by atoms with E-state index in [0.29, 0.717) is 12.5 Å². The standard InChI is InChI=1S/C16H27N5/c1-6-20(11-16(4,5)10-17)15-14-9-13(12(2)3)19-21(14)8-7-18-15/h7-9,12H,6,10-11,17H2,1-5H3. The molecule has 0 fully saturated rings. The topological polar surface area (TPSA) is 59.5 Å². The molecule has 0 aromatic carbocycles. The zero-order valence-corrected chi connectivity index (χ0v) is 13.8. The van der Waals surface area contributed by atoms with Gasteiger partial charge in [0.05, 0.1) is 5.69 Å². The van der Waals surface area contributed by atoms with Crippen molar-refractivity contribution in [3.05, 3.63) is 24.2 Å². The Morgan fingerprint density at radius 1 is 1.38 bits per heavy atom. The van der Waals surface area contributed by atoms with Crippen LogP contribution < -0.4 is 10.6 Å². The molecule has 116 valence electrons. The van der Waals surface area contributed by atoms with Gasteiger partial charge in [0.25, 0.3) is 0 Å². The van der Waals surface area contributed by atoms with Crippen molar-refractivity contribution < 1.29 is 0 Å². The van der Waals surface area contributed by atoms with Crippen molar-refractivity contribution in [1.82, 2.24) is 14.6 Å². The molecule has 0 aliphatic carbocycles.